The van der Waals surface area contributed by atoms with Crippen LogP contribution in [0, 0.1) is 5.92 Å². The molecule has 0 saturated heterocycles. The Morgan fingerprint density at radius 1 is 1.40 bits per heavy atom. The summed E-state index contributed by atoms with van der Waals surface area (Å²) in [6.45, 7) is 2.80. The van der Waals surface area contributed by atoms with Crippen LogP contribution in [0.1, 0.15) is 18.1 Å². The molecule has 1 unspecified atom stereocenters. The Morgan fingerprint density at radius 2 is 2.15 bits per heavy atom. The molecule has 0 radical (unpaired) electrons. The third kappa shape index (κ3) is 3.70. The van der Waals surface area contributed by atoms with Crippen molar-refractivity contribution >= 4 is 21.9 Å². The zero-order valence-corrected chi connectivity index (χ0v) is 12.9. The molecule has 0 fully saturated rings. The Kier molecular flexibility index (Phi) is 4.95. The Balaban J connectivity index is 2.11. The minimum Gasteiger partial charge on any atom is -0.481 e. The Labute approximate surface area is 126 Å². The van der Waals surface area contributed by atoms with E-state index in [0.29, 0.717) is 12.8 Å². The van der Waals surface area contributed by atoms with E-state index in [9.17, 15) is 9.90 Å². The number of hydrogen-bond donors (Lipinski definition) is 1. The highest BCUT2D eigenvalue weighted by Crippen LogP contribution is 2.21. The van der Waals surface area contributed by atoms with E-state index in [1.165, 1.54) is 0 Å². The molecule has 0 aliphatic rings. The second-order valence-electron chi connectivity index (χ2n) is 4.74. The number of carboxylic acid groups (broad SMARTS) is 1. The van der Waals surface area contributed by atoms with Crippen molar-refractivity contribution in [3.63, 3.8) is 0 Å². The third-order valence-electron chi connectivity index (χ3n) is 3.27. The van der Waals surface area contributed by atoms with Gasteiger partial charge in [0.15, 0.2) is 0 Å². The number of benzene rings is 1. The number of aryl methyl sites for hydroxylation is 1. The predicted octanol–water partition coefficient (Wildman–Crippen LogP) is 3.15. The fourth-order valence-electron chi connectivity index (χ4n) is 2.15. The van der Waals surface area contributed by atoms with E-state index in [4.69, 9.17) is 0 Å². The van der Waals surface area contributed by atoms with Gasteiger partial charge in [-0.05, 0) is 37.0 Å². The summed E-state index contributed by atoms with van der Waals surface area (Å²) in [4.78, 5) is 11.5. The fraction of sp³-hybridized carbons (Fsp3) is 0.333. The van der Waals surface area contributed by atoms with Crippen molar-refractivity contribution in [1.82, 2.24) is 9.78 Å². The molecule has 1 aromatic heterocycles. The van der Waals surface area contributed by atoms with Gasteiger partial charge in [0.25, 0.3) is 0 Å². The van der Waals surface area contributed by atoms with Crippen LogP contribution >= 0.6 is 15.9 Å². The molecule has 20 heavy (non-hydrogen) atoms. The molecule has 1 N–H and O–H groups in total. The molecular formula is C15H17BrN2O2. The number of rotatable bonds is 6. The van der Waals surface area contributed by atoms with E-state index in [1.54, 1.807) is 6.20 Å². The molecule has 0 amide bonds. The monoisotopic (exact) mass is 336 g/mol. The summed E-state index contributed by atoms with van der Waals surface area (Å²) in [5, 5.41) is 13.6. The molecule has 4 nitrogen and oxygen atoms in total. The van der Waals surface area contributed by atoms with Gasteiger partial charge in [-0.15, -0.1) is 0 Å². The van der Waals surface area contributed by atoms with Crippen LogP contribution in [0.15, 0.2) is 41.1 Å². The van der Waals surface area contributed by atoms with Crippen LogP contribution in [0.25, 0.3) is 0 Å². The lowest BCUT2D eigenvalue weighted by molar-refractivity contribution is -0.141. The highest BCUT2D eigenvalue weighted by Gasteiger charge is 2.20. The molecule has 1 aromatic carbocycles. The molecule has 2 rings (SSSR count). The number of carboxylic acids is 1. The zero-order chi connectivity index (χ0) is 14.5. The third-order valence-corrected chi connectivity index (χ3v) is 4.04. The van der Waals surface area contributed by atoms with E-state index in [1.807, 2.05) is 42.1 Å². The first-order valence-electron chi connectivity index (χ1n) is 6.57. The summed E-state index contributed by atoms with van der Waals surface area (Å²) < 4.78 is 2.77. The number of halogens is 1. The molecule has 2 aromatic rings. The van der Waals surface area contributed by atoms with Gasteiger partial charge < -0.3 is 5.11 Å². The Morgan fingerprint density at radius 3 is 2.75 bits per heavy atom. The van der Waals surface area contributed by atoms with E-state index in [-0.39, 0.29) is 0 Å². The summed E-state index contributed by atoms with van der Waals surface area (Å²) in [6.07, 6.45) is 4.67. The molecule has 0 spiro atoms. The number of nitrogens with zero attached hydrogens (tertiary/aromatic N) is 2. The molecule has 0 aliphatic carbocycles. The van der Waals surface area contributed by atoms with Crippen molar-refractivity contribution < 1.29 is 9.90 Å². The lowest BCUT2D eigenvalue weighted by Crippen LogP contribution is -2.19. The summed E-state index contributed by atoms with van der Waals surface area (Å²) in [6, 6.07) is 7.74. The molecular weight excluding hydrogens is 320 g/mol. The van der Waals surface area contributed by atoms with E-state index >= 15 is 0 Å². The Bertz CT molecular complexity index is 595. The second-order valence-corrected chi connectivity index (χ2v) is 5.59. The minimum absolute atomic E-state index is 0.441. The molecule has 5 heteroatoms. The summed E-state index contributed by atoms with van der Waals surface area (Å²) in [5.74, 6) is -1.21. The predicted molar refractivity (Wildman–Crippen MR) is 80.6 cm³/mol. The normalized spacial score (nSPS) is 12.3. The van der Waals surface area contributed by atoms with Crippen molar-refractivity contribution in [2.75, 3.05) is 0 Å². The summed E-state index contributed by atoms with van der Waals surface area (Å²) >= 11 is 3.47. The van der Waals surface area contributed by atoms with Gasteiger partial charge in [-0.1, -0.05) is 34.1 Å². The van der Waals surface area contributed by atoms with Gasteiger partial charge >= 0.3 is 5.97 Å². The molecule has 106 valence electrons. The largest absolute Gasteiger partial charge is 0.481 e. The average molecular weight is 337 g/mol. The lowest BCUT2D eigenvalue weighted by Gasteiger charge is -2.12. The van der Waals surface area contributed by atoms with E-state index < -0.39 is 11.9 Å². The maximum Gasteiger partial charge on any atom is 0.307 e. The summed E-state index contributed by atoms with van der Waals surface area (Å²) in [7, 11) is 0. The topological polar surface area (TPSA) is 55.1 Å². The second kappa shape index (κ2) is 6.70. The Hall–Kier alpha value is -1.62. The van der Waals surface area contributed by atoms with Gasteiger partial charge in [0, 0.05) is 17.2 Å². The van der Waals surface area contributed by atoms with Crippen molar-refractivity contribution in [3.8, 4) is 0 Å². The highest BCUT2D eigenvalue weighted by atomic mass is 79.9. The quantitative estimate of drug-likeness (QED) is 0.881. The van der Waals surface area contributed by atoms with Crippen molar-refractivity contribution in [2.45, 2.75) is 26.3 Å². The van der Waals surface area contributed by atoms with Crippen LogP contribution in [0.5, 0.6) is 0 Å². The highest BCUT2D eigenvalue weighted by molar-refractivity contribution is 9.10. The van der Waals surface area contributed by atoms with Crippen LogP contribution < -0.4 is 0 Å². The zero-order valence-electron chi connectivity index (χ0n) is 11.3. The van der Waals surface area contributed by atoms with Crippen molar-refractivity contribution in [1.29, 1.82) is 0 Å². The van der Waals surface area contributed by atoms with Gasteiger partial charge in [0.05, 0.1) is 12.1 Å². The minimum atomic E-state index is -0.773. The standard InChI is InChI=1S/C15H17BrN2O2/c1-2-18-10-11(9-17-18)7-13(15(19)20)8-12-5-3-4-6-14(12)16/h3-6,9-10,13H,2,7-8H2,1H3,(H,19,20). The first-order valence-corrected chi connectivity index (χ1v) is 7.37. The molecule has 0 bridgehead atoms. The smallest absolute Gasteiger partial charge is 0.307 e. The van der Waals surface area contributed by atoms with Crippen LogP contribution in [0.4, 0.5) is 0 Å². The van der Waals surface area contributed by atoms with Gasteiger partial charge in [0.1, 0.15) is 0 Å². The SMILES string of the molecule is CCn1cc(CC(Cc2ccccc2Br)C(=O)O)cn1. The van der Waals surface area contributed by atoms with Crippen LogP contribution in [0.2, 0.25) is 0 Å². The lowest BCUT2D eigenvalue weighted by atomic mass is 9.94. The molecule has 1 atom stereocenters. The van der Waals surface area contributed by atoms with Gasteiger partial charge in [-0.25, -0.2) is 0 Å². The first-order chi connectivity index (χ1) is 9.60. The number of aromatic nitrogens is 2. The molecule has 0 aliphatic heterocycles. The van der Waals surface area contributed by atoms with Gasteiger partial charge in [-0.3, -0.25) is 9.48 Å². The first kappa shape index (κ1) is 14.8. The average Bonchev–Trinajstić information content (AvgIpc) is 2.88. The number of hydrogen-bond acceptors (Lipinski definition) is 2. The molecule has 1 heterocycles. The summed E-state index contributed by atoms with van der Waals surface area (Å²) in [5.41, 5.74) is 1.98. The van der Waals surface area contributed by atoms with Gasteiger partial charge in [0.2, 0.25) is 0 Å². The van der Waals surface area contributed by atoms with E-state index in [2.05, 4.69) is 21.0 Å². The van der Waals surface area contributed by atoms with Crippen LogP contribution in [-0.4, -0.2) is 20.9 Å². The fourth-order valence-corrected chi connectivity index (χ4v) is 2.59. The maximum absolute atomic E-state index is 11.5. The maximum atomic E-state index is 11.5. The number of aliphatic carboxylic acids is 1. The van der Waals surface area contributed by atoms with Crippen LogP contribution in [0.3, 0.4) is 0 Å². The van der Waals surface area contributed by atoms with Crippen molar-refractivity contribution in [3.05, 3.63) is 52.3 Å². The van der Waals surface area contributed by atoms with Crippen LogP contribution in [-0.2, 0) is 24.2 Å². The van der Waals surface area contributed by atoms with Gasteiger partial charge in [-0.2, -0.15) is 5.10 Å². The van der Waals surface area contributed by atoms with Crippen molar-refractivity contribution in [2.24, 2.45) is 5.92 Å². The number of carbonyl (C=O) groups is 1. The van der Waals surface area contributed by atoms with E-state index in [0.717, 1.165) is 22.1 Å². The molecule has 0 saturated carbocycles.